The second kappa shape index (κ2) is 13.2. The van der Waals surface area contributed by atoms with Gasteiger partial charge in [-0.1, -0.05) is 44.2 Å². The Morgan fingerprint density at radius 3 is 2.64 bits per heavy atom. The number of hydrogen-bond acceptors (Lipinski definition) is 5. The molecule has 1 N–H and O–H groups in total. The third-order valence-electron chi connectivity index (χ3n) is 6.57. The fourth-order valence-electron chi connectivity index (χ4n) is 5.13. The molecule has 0 saturated carbocycles. The van der Waals surface area contributed by atoms with Gasteiger partial charge < -0.3 is 19.7 Å². The van der Waals surface area contributed by atoms with E-state index in [1.165, 1.54) is 5.56 Å². The van der Waals surface area contributed by atoms with Crippen LogP contribution in [0.3, 0.4) is 0 Å². The molecule has 3 atom stereocenters. The van der Waals surface area contributed by atoms with Gasteiger partial charge in [0.25, 0.3) is 0 Å². The number of morpholine rings is 2. The second-order valence-electron chi connectivity index (χ2n) is 9.68. The number of hydrogen-bond donors (Lipinski definition) is 1. The summed E-state index contributed by atoms with van der Waals surface area (Å²) in [5.74, 6) is 1.68. The van der Waals surface area contributed by atoms with Crippen molar-refractivity contribution < 1.29 is 9.47 Å². The van der Waals surface area contributed by atoms with Crippen LogP contribution in [0.4, 0.5) is 0 Å². The smallest absolute Gasteiger partial charge is 0.194 e. The molecule has 3 saturated heterocycles. The lowest BCUT2D eigenvalue weighted by Crippen LogP contribution is -2.50. The van der Waals surface area contributed by atoms with E-state index in [1.54, 1.807) is 0 Å². The van der Waals surface area contributed by atoms with Gasteiger partial charge in [0.15, 0.2) is 5.96 Å². The van der Waals surface area contributed by atoms with Crippen molar-refractivity contribution in [1.29, 1.82) is 0 Å². The highest BCUT2D eigenvalue weighted by atomic mass is 127. The number of benzene rings is 1. The van der Waals surface area contributed by atoms with Crippen LogP contribution in [0.15, 0.2) is 35.3 Å². The van der Waals surface area contributed by atoms with Crippen LogP contribution in [0.5, 0.6) is 0 Å². The van der Waals surface area contributed by atoms with Gasteiger partial charge in [0.05, 0.1) is 38.0 Å². The van der Waals surface area contributed by atoms with Crippen LogP contribution < -0.4 is 5.32 Å². The molecule has 3 heterocycles. The Morgan fingerprint density at radius 1 is 1.09 bits per heavy atom. The van der Waals surface area contributed by atoms with E-state index in [0.29, 0.717) is 18.5 Å². The van der Waals surface area contributed by atoms with Gasteiger partial charge in [-0.2, -0.15) is 0 Å². The molecule has 3 fully saturated rings. The van der Waals surface area contributed by atoms with Crippen LogP contribution in [0.25, 0.3) is 0 Å². The monoisotopic (exact) mass is 571 g/mol. The summed E-state index contributed by atoms with van der Waals surface area (Å²) in [6.07, 6.45) is 0.413. The average molecular weight is 572 g/mol. The van der Waals surface area contributed by atoms with Crippen molar-refractivity contribution in [2.24, 2.45) is 10.9 Å². The highest BCUT2D eigenvalue weighted by Gasteiger charge is 2.41. The van der Waals surface area contributed by atoms with E-state index < -0.39 is 0 Å². The predicted molar refractivity (Wildman–Crippen MR) is 144 cm³/mol. The van der Waals surface area contributed by atoms with Crippen LogP contribution in [-0.2, 0) is 16.0 Å². The number of ether oxygens (including phenoxy) is 2. The molecular weight excluding hydrogens is 529 g/mol. The van der Waals surface area contributed by atoms with Gasteiger partial charge in [0.2, 0.25) is 0 Å². The molecule has 186 valence electrons. The molecule has 4 rings (SSSR count). The van der Waals surface area contributed by atoms with Crippen LogP contribution >= 0.6 is 24.0 Å². The topological polar surface area (TPSA) is 52.6 Å². The molecule has 1 aromatic carbocycles. The summed E-state index contributed by atoms with van der Waals surface area (Å²) in [6.45, 7) is 16.8. The minimum absolute atomic E-state index is 0. The molecule has 0 radical (unpaired) electrons. The van der Waals surface area contributed by atoms with Gasteiger partial charge in [-0.05, 0) is 18.4 Å². The Morgan fingerprint density at radius 2 is 1.88 bits per heavy atom. The minimum atomic E-state index is 0. The first-order valence-electron chi connectivity index (χ1n) is 12.4. The van der Waals surface area contributed by atoms with Crippen LogP contribution in [0.1, 0.15) is 26.3 Å². The quantitative estimate of drug-likeness (QED) is 0.309. The van der Waals surface area contributed by atoms with Crippen molar-refractivity contribution in [3.05, 3.63) is 35.9 Å². The number of likely N-dealkylation sites (tertiary alicyclic amines) is 1. The lowest BCUT2D eigenvalue weighted by Gasteiger charge is -2.36. The van der Waals surface area contributed by atoms with Gasteiger partial charge in [-0.25, -0.2) is 0 Å². The number of nitrogens with zero attached hydrogens (tertiary/aromatic N) is 4. The molecule has 33 heavy (non-hydrogen) atoms. The van der Waals surface area contributed by atoms with Gasteiger partial charge in [-0.15, -0.1) is 24.0 Å². The van der Waals surface area contributed by atoms with Gasteiger partial charge in [0, 0.05) is 52.4 Å². The first-order valence-corrected chi connectivity index (χ1v) is 12.4. The first kappa shape index (κ1) is 26.7. The molecule has 8 heteroatoms. The Bertz CT molecular complexity index is 735. The molecule has 0 amide bonds. The first-order chi connectivity index (χ1) is 15.6. The lowest BCUT2D eigenvalue weighted by molar-refractivity contribution is -0.0502. The average Bonchev–Trinajstić information content (AvgIpc) is 3.22. The number of fused-ring (bicyclic) bond motifs is 1. The molecule has 0 aliphatic carbocycles. The number of aliphatic imine (C=N–C) groups is 1. The van der Waals surface area contributed by atoms with Crippen LogP contribution in [0, 0.1) is 5.92 Å². The highest BCUT2D eigenvalue weighted by molar-refractivity contribution is 14.0. The van der Waals surface area contributed by atoms with Gasteiger partial charge in [-0.3, -0.25) is 14.8 Å². The molecule has 0 aromatic heterocycles. The van der Waals surface area contributed by atoms with Crippen molar-refractivity contribution >= 4 is 29.9 Å². The molecule has 3 aliphatic rings. The third kappa shape index (κ3) is 7.52. The molecule has 1 aromatic rings. The van der Waals surface area contributed by atoms with E-state index in [9.17, 15) is 0 Å². The summed E-state index contributed by atoms with van der Waals surface area (Å²) in [5, 5.41) is 3.51. The largest absolute Gasteiger partial charge is 0.374 e. The molecule has 3 aliphatic heterocycles. The lowest BCUT2D eigenvalue weighted by atomic mass is 10.1. The standard InChI is InChI=1S/C25H41N5O2.HI/c1-4-26-25(27-14-22-17-28(10-12-31-22)15-20(2)3)30-18-23-24(19-30)32-13-11-29(23)16-21-8-6-5-7-9-21;/h5-9,20,22-24H,4,10-19H2,1-3H3,(H,26,27);1H. The second-order valence-corrected chi connectivity index (χ2v) is 9.68. The third-order valence-corrected chi connectivity index (χ3v) is 6.57. The summed E-state index contributed by atoms with van der Waals surface area (Å²) in [5.41, 5.74) is 1.37. The number of guanidine groups is 1. The molecule has 7 nitrogen and oxygen atoms in total. The van der Waals surface area contributed by atoms with E-state index in [4.69, 9.17) is 14.5 Å². The summed E-state index contributed by atoms with van der Waals surface area (Å²) in [6, 6.07) is 11.2. The van der Waals surface area contributed by atoms with Gasteiger partial charge in [0.1, 0.15) is 0 Å². The summed E-state index contributed by atoms with van der Waals surface area (Å²) < 4.78 is 12.2. The zero-order chi connectivity index (χ0) is 22.3. The Hall–Kier alpha value is -0.940. The fraction of sp³-hybridized carbons (Fsp3) is 0.720. The Balaban J connectivity index is 0.00000306. The van der Waals surface area contributed by atoms with E-state index in [-0.39, 0.29) is 36.2 Å². The fourth-order valence-corrected chi connectivity index (χ4v) is 5.13. The maximum Gasteiger partial charge on any atom is 0.194 e. The molecular formula is C25H42IN5O2. The van der Waals surface area contributed by atoms with Crippen molar-refractivity contribution in [2.45, 2.75) is 45.6 Å². The zero-order valence-corrected chi connectivity index (χ0v) is 22.8. The SMILES string of the molecule is CCNC(=NCC1CN(CC(C)C)CCO1)N1CC2OCCN(Cc3ccccc3)C2C1.I. The minimum Gasteiger partial charge on any atom is -0.374 e. The highest BCUT2D eigenvalue weighted by Crippen LogP contribution is 2.25. The van der Waals surface area contributed by atoms with E-state index in [2.05, 4.69) is 71.1 Å². The number of rotatable bonds is 7. The summed E-state index contributed by atoms with van der Waals surface area (Å²) >= 11 is 0. The van der Waals surface area contributed by atoms with Crippen molar-refractivity contribution in [2.75, 3.05) is 65.6 Å². The molecule has 0 spiro atoms. The molecule has 3 unspecified atom stereocenters. The maximum atomic E-state index is 6.18. The number of nitrogens with one attached hydrogen (secondary N) is 1. The van der Waals surface area contributed by atoms with E-state index >= 15 is 0 Å². The van der Waals surface area contributed by atoms with Crippen LogP contribution in [0.2, 0.25) is 0 Å². The zero-order valence-electron chi connectivity index (χ0n) is 20.5. The molecule has 0 bridgehead atoms. The van der Waals surface area contributed by atoms with Crippen LogP contribution in [-0.4, -0.2) is 104 Å². The van der Waals surface area contributed by atoms with Crippen molar-refractivity contribution in [1.82, 2.24) is 20.0 Å². The van der Waals surface area contributed by atoms with Crippen molar-refractivity contribution in [3.8, 4) is 0 Å². The predicted octanol–water partition coefficient (Wildman–Crippen LogP) is 2.51. The Kier molecular flexibility index (Phi) is 10.7. The number of halogens is 1. The summed E-state index contributed by atoms with van der Waals surface area (Å²) in [7, 11) is 0. The maximum absolute atomic E-state index is 6.18. The summed E-state index contributed by atoms with van der Waals surface area (Å²) in [4.78, 5) is 12.5. The normalized spacial score (nSPS) is 26.8. The van der Waals surface area contributed by atoms with Crippen molar-refractivity contribution in [3.63, 3.8) is 0 Å². The Labute approximate surface area is 216 Å². The van der Waals surface area contributed by atoms with E-state index in [1.807, 2.05) is 0 Å². The van der Waals surface area contributed by atoms with E-state index in [0.717, 1.165) is 71.5 Å². The van der Waals surface area contributed by atoms with Gasteiger partial charge >= 0.3 is 0 Å².